The number of rotatable bonds is 2. The van der Waals surface area contributed by atoms with Crippen molar-refractivity contribution in [1.82, 2.24) is 20.7 Å². The first-order valence-electron chi connectivity index (χ1n) is 6.70. The molecule has 0 aliphatic carbocycles. The Morgan fingerprint density at radius 2 is 2.25 bits per heavy atom. The van der Waals surface area contributed by atoms with Crippen LogP contribution < -0.4 is 15.8 Å². The van der Waals surface area contributed by atoms with Crippen molar-refractivity contribution in [3.8, 4) is 0 Å². The smallest absolute Gasteiger partial charge is 0.185 e. The van der Waals surface area contributed by atoms with Gasteiger partial charge in [-0.25, -0.2) is 10.4 Å². The SMILES string of the molecule is C1=NC=C2NNC(c3csc(N4CCOCC4)n3)N2C1. The fraction of sp³-hybridized carbons (Fsp3) is 0.500. The molecule has 4 rings (SSSR count). The van der Waals surface area contributed by atoms with Crippen molar-refractivity contribution in [2.75, 3.05) is 37.7 Å². The number of nitrogens with one attached hydrogen (secondary N) is 2. The molecule has 8 heteroatoms. The molecule has 1 atom stereocenters. The lowest BCUT2D eigenvalue weighted by Crippen LogP contribution is -2.36. The normalized spacial score (nSPS) is 25.4. The number of aromatic nitrogens is 1. The Bertz CT molecular complexity index is 550. The van der Waals surface area contributed by atoms with E-state index in [1.165, 1.54) is 0 Å². The summed E-state index contributed by atoms with van der Waals surface area (Å²) in [4.78, 5) is 13.4. The van der Waals surface area contributed by atoms with Crippen molar-refractivity contribution in [3.63, 3.8) is 0 Å². The zero-order valence-electron chi connectivity index (χ0n) is 11.0. The molecule has 1 aromatic heterocycles. The van der Waals surface area contributed by atoms with Gasteiger partial charge >= 0.3 is 0 Å². The zero-order chi connectivity index (χ0) is 13.4. The van der Waals surface area contributed by atoms with Crippen molar-refractivity contribution in [2.24, 2.45) is 4.99 Å². The molecular weight excluding hydrogens is 276 g/mol. The molecule has 2 saturated heterocycles. The van der Waals surface area contributed by atoms with E-state index in [1.54, 1.807) is 11.3 Å². The number of aliphatic imine (C=N–C) groups is 1. The number of nitrogens with zero attached hydrogens (tertiary/aromatic N) is 4. The van der Waals surface area contributed by atoms with Gasteiger partial charge in [-0.05, 0) is 0 Å². The number of hydrogen-bond donors (Lipinski definition) is 2. The fourth-order valence-electron chi connectivity index (χ4n) is 2.54. The maximum absolute atomic E-state index is 5.38. The molecule has 1 aromatic rings. The highest BCUT2D eigenvalue weighted by Crippen LogP contribution is 2.30. The maximum atomic E-state index is 5.38. The Kier molecular flexibility index (Phi) is 3.06. The van der Waals surface area contributed by atoms with Crippen LogP contribution in [0.5, 0.6) is 0 Å². The standard InChI is InChI=1S/C12H16N6OS/c1-2-18-10(7-13-1)15-16-11(18)9-8-20-12(14-9)17-3-5-19-6-4-17/h1,7-8,11,15-16H,2-6H2. The van der Waals surface area contributed by atoms with E-state index in [9.17, 15) is 0 Å². The third kappa shape index (κ3) is 2.05. The Hall–Kier alpha value is -1.64. The second-order valence-electron chi connectivity index (χ2n) is 4.82. The van der Waals surface area contributed by atoms with Gasteiger partial charge in [-0.3, -0.25) is 4.99 Å². The lowest BCUT2D eigenvalue weighted by Gasteiger charge is -2.26. The number of thiazole rings is 1. The van der Waals surface area contributed by atoms with Gasteiger partial charge in [0.1, 0.15) is 12.0 Å². The number of anilines is 1. The maximum Gasteiger partial charge on any atom is 0.185 e. The van der Waals surface area contributed by atoms with E-state index in [2.05, 4.69) is 31.0 Å². The molecule has 0 saturated carbocycles. The molecule has 20 heavy (non-hydrogen) atoms. The summed E-state index contributed by atoms with van der Waals surface area (Å²) in [5.74, 6) is 0.999. The average molecular weight is 292 g/mol. The van der Waals surface area contributed by atoms with Gasteiger partial charge in [0.15, 0.2) is 5.13 Å². The molecule has 0 amide bonds. The summed E-state index contributed by atoms with van der Waals surface area (Å²) in [5.41, 5.74) is 7.45. The van der Waals surface area contributed by atoms with Crippen LogP contribution in [0.3, 0.4) is 0 Å². The van der Waals surface area contributed by atoms with Crippen LogP contribution in [0.4, 0.5) is 5.13 Å². The molecule has 1 unspecified atom stereocenters. The zero-order valence-corrected chi connectivity index (χ0v) is 11.8. The molecule has 2 fully saturated rings. The minimum Gasteiger partial charge on any atom is -0.378 e. The van der Waals surface area contributed by atoms with Crippen molar-refractivity contribution in [2.45, 2.75) is 6.17 Å². The molecule has 7 nitrogen and oxygen atoms in total. The minimum absolute atomic E-state index is 0.0686. The number of ether oxygens (including phenoxy) is 1. The Morgan fingerprint density at radius 1 is 1.35 bits per heavy atom. The Labute approximate surface area is 120 Å². The highest BCUT2D eigenvalue weighted by Gasteiger charge is 2.31. The second-order valence-corrected chi connectivity index (χ2v) is 5.66. The van der Waals surface area contributed by atoms with Gasteiger partial charge in [-0.15, -0.1) is 11.3 Å². The van der Waals surface area contributed by atoms with Crippen molar-refractivity contribution >= 4 is 22.7 Å². The van der Waals surface area contributed by atoms with Crippen LogP contribution in [0, 0.1) is 0 Å². The fourth-order valence-corrected chi connectivity index (χ4v) is 3.43. The average Bonchev–Trinajstić information content (AvgIpc) is 3.14. The number of hydrazine groups is 1. The molecule has 2 N–H and O–H groups in total. The van der Waals surface area contributed by atoms with Crippen LogP contribution in [-0.4, -0.2) is 48.9 Å². The van der Waals surface area contributed by atoms with E-state index < -0.39 is 0 Å². The Morgan fingerprint density at radius 3 is 3.15 bits per heavy atom. The van der Waals surface area contributed by atoms with E-state index >= 15 is 0 Å². The topological polar surface area (TPSA) is 65.0 Å². The highest BCUT2D eigenvalue weighted by molar-refractivity contribution is 7.13. The molecule has 0 bridgehead atoms. The third-order valence-corrected chi connectivity index (χ3v) is 4.53. The summed E-state index contributed by atoms with van der Waals surface area (Å²) < 4.78 is 5.38. The summed E-state index contributed by atoms with van der Waals surface area (Å²) in [6.45, 7) is 4.21. The van der Waals surface area contributed by atoms with Crippen LogP contribution in [0.25, 0.3) is 0 Å². The summed E-state index contributed by atoms with van der Waals surface area (Å²) in [6.07, 6.45) is 3.80. The minimum atomic E-state index is 0.0686. The molecule has 0 aromatic carbocycles. The summed E-state index contributed by atoms with van der Waals surface area (Å²) >= 11 is 1.69. The van der Waals surface area contributed by atoms with Crippen molar-refractivity contribution in [3.05, 3.63) is 23.1 Å². The molecule has 106 valence electrons. The van der Waals surface area contributed by atoms with Gasteiger partial charge in [0.05, 0.1) is 31.7 Å². The van der Waals surface area contributed by atoms with E-state index in [0.29, 0.717) is 0 Å². The molecule has 0 radical (unpaired) electrons. The molecule has 3 aliphatic rings. The highest BCUT2D eigenvalue weighted by atomic mass is 32.1. The number of fused-ring (bicyclic) bond motifs is 1. The first kappa shape index (κ1) is 12.1. The van der Waals surface area contributed by atoms with E-state index in [4.69, 9.17) is 9.72 Å². The van der Waals surface area contributed by atoms with Gasteiger partial charge in [0, 0.05) is 24.7 Å². The lowest BCUT2D eigenvalue weighted by molar-refractivity contribution is 0.122. The summed E-state index contributed by atoms with van der Waals surface area (Å²) in [5, 5.41) is 3.20. The molecular formula is C12H16N6OS. The largest absolute Gasteiger partial charge is 0.378 e. The van der Waals surface area contributed by atoms with Gasteiger partial charge in [-0.1, -0.05) is 0 Å². The summed E-state index contributed by atoms with van der Waals surface area (Å²) in [7, 11) is 0. The third-order valence-electron chi connectivity index (χ3n) is 3.61. The predicted octanol–water partition coefficient (Wildman–Crippen LogP) is 0.271. The van der Waals surface area contributed by atoms with Crippen LogP contribution in [0.1, 0.15) is 11.9 Å². The summed E-state index contributed by atoms with van der Waals surface area (Å²) in [6, 6.07) is 0. The van der Waals surface area contributed by atoms with Gasteiger partial charge in [-0.2, -0.15) is 0 Å². The van der Waals surface area contributed by atoms with Gasteiger partial charge in [0.25, 0.3) is 0 Å². The van der Waals surface area contributed by atoms with Crippen LogP contribution in [-0.2, 0) is 4.74 Å². The second kappa shape index (κ2) is 5.04. The quantitative estimate of drug-likeness (QED) is 0.816. The van der Waals surface area contributed by atoms with Crippen LogP contribution >= 0.6 is 11.3 Å². The number of morpholine rings is 1. The first-order chi connectivity index (χ1) is 9.92. The molecule has 4 heterocycles. The van der Waals surface area contributed by atoms with E-state index in [1.807, 2.05) is 12.4 Å². The van der Waals surface area contributed by atoms with Gasteiger partial charge in [0.2, 0.25) is 0 Å². The predicted molar refractivity (Wildman–Crippen MR) is 77.4 cm³/mol. The molecule has 0 spiro atoms. The first-order valence-corrected chi connectivity index (χ1v) is 7.58. The van der Waals surface area contributed by atoms with Crippen LogP contribution in [0.15, 0.2) is 22.4 Å². The molecule has 3 aliphatic heterocycles. The van der Waals surface area contributed by atoms with E-state index in [0.717, 1.165) is 49.5 Å². The van der Waals surface area contributed by atoms with Gasteiger partial charge < -0.3 is 20.0 Å². The van der Waals surface area contributed by atoms with Crippen LogP contribution in [0.2, 0.25) is 0 Å². The lowest BCUT2D eigenvalue weighted by atomic mass is 10.3. The monoisotopic (exact) mass is 292 g/mol. The Balaban J connectivity index is 1.53. The van der Waals surface area contributed by atoms with E-state index in [-0.39, 0.29) is 6.17 Å². The number of hydrogen-bond acceptors (Lipinski definition) is 8. The van der Waals surface area contributed by atoms with Crippen molar-refractivity contribution < 1.29 is 4.74 Å². The van der Waals surface area contributed by atoms with Crippen molar-refractivity contribution in [1.29, 1.82) is 0 Å².